The molecule has 0 bridgehead atoms. The van der Waals surface area contributed by atoms with Gasteiger partial charge in [-0.1, -0.05) is 18.2 Å². The third kappa shape index (κ3) is 6.02. The number of amides is 1. The van der Waals surface area contributed by atoms with Gasteiger partial charge in [0.15, 0.2) is 18.1 Å². The quantitative estimate of drug-likeness (QED) is 0.569. The Morgan fingerprint density at radius 2 is 1.96 bits per heavy atom. The Kier molecular flexibility index (Phi) is 7.23. The summed E-state index contributed by atoms with van der Waals surface area (Å²) in [7, 11) is 1.58. The number of para-hydroxylation sites is 1. The first-order chi connectivity index (χ1) is 12.9. The van der Waals surface area contributed by atoms with E-state index in [9.17, 15) is 4.79 Å². The van der Waals surface area contributed by atoms with Gasteiger partial charge in [0.1, 0.15) is 5.75 Å². The second kappa shape index (κ2) is 9.62. The molecule has 144 valence electrons. The SMILES string of the molecule is COc1cccc(/C=N\NC(=O)COc2cc(C)ccc2C)c1OC(C)C. The van der Waals surface area contributed by atoms with Gasteiger partial charge in [-0.2, -0.15) is 5.10 Å². The van der Waals surface area contributed by atoms with Gasteiger partial charge in [0, 0.05) is 5.56 Å². The van der Waals surface area contributed by atoms with Crippen LogP contribution in [0.2, 0.25) is 0 Å². The van der Waals surface area contributed by atoms with Crippen LogP contribution in [0, 0.1) is 13.8 Å². The largest absolute Gasteiger partial charge is 0.493 e. The van der Waals surface area contributed by atoms with Crippen molar-refractivity contribution in [1.82, 2.24) is 5.43 Å². The smallest absolute Gasteiger partial charge is 0.277 e. The first-order valence-electron chi connectivity index (χ1n) is 8.76. The fourth-order valence-corrected chi connectivity index (χ4v) is 2.37. The van der Waals surface area contributed by atoms with Crippen LogP contribution in [0.15, 0.2) is 41.5 Å². The van der Waals surface area contributed by atoms with Crippen molar-refractivity contribution in [2.24, 2.45) is 5.10 Å². The number of nitrogens with one attached hydrogen (secondary N) is 1. The Bertz CT molecular complexity index is 816. The summed E-state index contributed by atoms with van der Waals surface area (Å²) in [6, 6.07) is 11.3. The minimum absolute atomic E-state index is 0.0194. The Balaban J connectivity index is 1.98. The maximum absolute atomic E-state index is 12.0. The number of methoxy groups -OCH3 is 1. The second-order valence-corrected chi connectivity index (χ2v) is 6.40. The molecule has 0 saturated carbocycles. The number of rotatable bonds is 8. The zero-order chi connectivity index (χ0) is 19.8. The predicted molar refractivity (Wildman–Crippen MR) is 106 cm³/mol. The van der Waals surface area contributed by atoms with Gasteiger partial charge in [0.25, 0.3) is 5.91 Å². The van der Waals surface area contributed by atoms with Crippen LogP contribution in [0.5, 0.6) is 17.2 Å². The molecule has 0 heterocycles. The number of hydrogen-bond acceptors (Lipinski definition) is 5. The van der Waals surface area contributed by atoms with Crippen LogP contribution in [-0.2, 0) is 4.79 Å². The van der Waals surface area contributed by atoms with Gasteiger partial charge < -0.3 is 14.2 Å². The van der Waals surface area contributed by atoms with Crippen LogP contribution in [0.3, 0.4) is 0 Å². The highest BCUT2D eigenvalue weighted by atomic mass is 16.5. The maximum Gasteiger partial charge on any atom is 0.277 e. The van der Waals surface area contributed by atoms with Crippen LogP contribution >= 0.6 is 0 Å². The normalized spacial score (nSPS) is 10.9. The molecule has 0 atom stereocenters. The highest BCUT2D eigenvalue weighted by molar-refractivity contribution is 5.86. The van der Waals surface area contributed by atoms with Gasteiger partial charge in [-0.3, -0.25) is 4.79 Å². The van der Waals surface area contributed by atoms with E-state index < -0.39 is 0 Å². The molecule has 1 amide bonds. The monoisotopic (exact) mass is 370 g/mol. The van der Waals surface area contributed by atoms with Crippen molar-refractivity contribution < 1.29 is 19.0 Å². The number of ether oxygens (including phenoxy) is 3. The average molecular weight is 370 g/mol. The molecular formula is C21H26N2O4. The standard InChI is InChI=1S/C21H26N2O4/c1-14(2)27-21-17(7-6-8-18(21)25-5)12-22-23-20(24)13-26-19-11-15(3)9-10-16(19)4/h6-12,14H,13H2,1-5H3,(H,23,24)/b22-12-. The summed E-state index contributed by atoms with van der Waals surface area (Å²) in [5.74, 6) is 1.53. The average Bonchev–Trinajstić information content (AvgIpc) is 2.63. The molecule has 2 aromatic rings. The summed E-state index contributed by atoms with van der Waals surface area (Å²) < 4.78 is 16.7. The fourth-order valence-electron chi connectivity index (χ4n) is 2.37. The molecule has 0 aliphatic rings. The number of aryl methyl sites for hydroxylation is 2. The summed E-state index contributed by atoms with van der Waals surface area (Å²) in [4.78, 5) is 12.0. The minimum Gasteiger partial charge on any atom is -0.493 e. The van der Waals surface area contributed by atoms with Crippen molar-refractivity contribution in [3.8, 4) is 17.2 Å². The van der Waals surface area contributed by atoms with Gasteiger partial charge >= 0.3 is 0 Å². The summed E-state index contributed by atoms with van der Waals surface area (Å²) in [6.45, 7) is 7.65. The van der Waals surface area contributed by atoms with Crippen LogP contribution in [0.1, 0.15) is 30.5 Å². The lowest BCUT2D eigenvalue weighted by Crippen LogP contribution is -2.24. The third-order valence-corrected chi connectivity index (χ3v) is 3.68. The molecule has 0 spiro atoms. The van der Waals surface area contributed by atoms with E-state index in [-0.39, 0.29) is 18.6 Å². The minimum atomic E-state index is -0.346. The molecule has 0 aromatic heterocycles. The van der Waals surface area contributed by atoms with Crippen molar-refractivity contribution in [3.05, 3.63) is 53.1 Å². The Labute approximate surface area is 160 Å². The molecule has 0 aliphatic carbocycles. The van der Waals surface area contributed by atoms with E-state index in [1.54, 1.807) is 7.11 Å². The van der Waals surface area contributed by atoms with E-state index in [0.29, 0.717) is 22.8 Å². The van der Waals surface area contributed by atoms with Crippen molar-refractivity contribution >= 4 is 12.1 Å². The number of benzene rings is 2. The van der Waals surface area contributed by atoms with E-state index in [0.717, 1.165) is 11.1 Å². The number of hydrogen-bond donors (Lipinski definition) is 1. The van der Waals surface area contributed by atoms with Crippen molar-refractivity contribution in [2.75, 3.05) is 13.7 Å². The molecule has 0 unspecified atom stereocenters. The summed E-state index contributed by atoms with van der Waals surface area (Å²) in [5, 5.41) is 4.00. The molecule has 0 aliphatic heterocycles. The van der Waals surface area contributed by atoms with Gasteiger partial charge in [-0.15, -0.1) is 0 Å². The molecule has 6 nitrogen and oxygen atoms in total. The number of nitrogens with zero attached hydrogens (tertiary/aromatic N) is 1. The van der Waals surface area contributed by atoms with E-state index in [2.05, 4.69) is 10.5 Å². The topological polar surface area (TPSA) is 69.2 Å². The highest BCUT2D eigenvalue weighted by Crippen LogP contribution is 2.30. The maximum atomic E-state index is 12.0. The summed E-state index contributed by atoms with van der Waals surface area (Å²) >= 11 is 0. The first kappa shape index (κ1) is 20.3. The third-order valence-electron chi connectivity index (χ3n) is 3.68. The van der Waals surface area contributed by atoms with Crippen molar-refractivity contribution in [3.63, 3.8) is 0 Å². The molecule has 2 aromatic carbocycles. The molecule has 2 rings (SSSR count). The predicted octanol–water partition coefficient (Wildman–Crippen LogP) is 3.63. The van der Waals surface area contributed by atoms with Gasteiger partial charge in [-0.25, -0.2) is 5.43 Å². The number of hydrazone groups is 1. The van der Waals surface area contributed by atoms with Crippen molar-refractivity contribution in [2.45, 2.75) is 33.8 Å². The lowest BCUT2D eigenvalue weighted by Gasteiger charge is -2.15. The molecule has 6 heteroatoms. The molecule has 0 saturated heterocycles. The fraction of sp³-hybridized carbons (Fsp3) is 0.333. The number of carbonyl (C=O) groups excluding carboxylic acids is 1. The zero-order valence-electron chi connectivity index (χ0n) is 16.4. The molecule has 0 fully saturated rings. The van der Waals surface area contributed by atoms with E-state index in [1.807, 2.05) is 64.1 Å². The lowest BCUT2D eigenvalue weighted by atomic mass is 10.1. The van der Waals surface area contributed by atoms with Crippen LogP contribution in [0.4, 0.5) is 0 Å². The van der Waals surface area contributed by atoms with Gasteiger partial charge in [0.05, 0.1) is 19.4 Å². The summed E-state index contributed by atoms with van der Waals surface area (Å²) in [6.07, 6.45) is 1.50. The second-order valence-electron chi connectivity index (χ2n) is 6.40. The molecular weight excluding hydrogens is 344 g/mol. The molecule has 0 radical (unpaired) electrons. The Hall–Kier alpha value is -3.02. The van der Waals surface area contributed by atoms with Gasteiger partial charge in [0.2, 0.25) is 0 Å². The van der Waals surface area contributed by atoms with Crippen LogP contribution in [0.25, 0.3) is 0 Å². The molecule has 1 N–H and O–H groups in total. The van der Waals surface area contributed by atoms with Gasteiger partial charge in [-0.05, 0) is 57.0 Å². The lowest BCUT2D eigenvalue weighted by molar-refractivity contribution is -0.123. The van der Waals surface area contributed by atoms with Crippen molar-refractivity contribution in [1.29, 1.82) is 0 Å². The Morgan fingerprint density at radius 3 is 2.67 bits per heavy atom. The Morgan fingerprint density at radius 1 is 1.19 bits per heavy atom. The zero-order valence-corrected chi connectivity index (χ0v) is 16.4. The van der Waals surface area contributed by atoms with E-state index in [1.165, 1.54) is 6.21 Å². The first-order valence-corrected chi connectivity index (χ1v) is 8.76. The summed E-state index contributed by atoms with van der Waals surface area (Å²) in [5.41, 5.74) is 5.22. The van der Waals surface area contributed by atoms with Crippen LogP contribution in [-0.4, -0.2) is 31.9 Å². The molecule has 27 heavy (non-hydrogen) atoms. The van der Waals surface area contributed by atoms with Crippen LogP contribution < -0.4 is 19.6 Å². The van der Waals surface area contributed by atoms with E-state index >= 15 is 0 Å². The van der Waals surface area contributed by atoms with E-state index in [4.69, 9.17) is 14.2 Å². The number of carbonyl (C=O) groups is 1. The highest BCUT2D eigenvalue weighted by Gasteiger charge is 2.11.